The van der Waals surface area contributed by atoms with Gasteiger partial charge in [-0.2, -0.15) is 0 Å². The van der Waals surface area contributed by atoms with Crippen molar-refractivity contribution in [1.29, 1.82) is 0 Å². The van der Waals surface area contributed by atoms with Gasteiger partial charge in [0.1, 0.15) is 5.82 Å². The van der Waals surface area contributed by atoms with Crippen molar-refractivity contribution in [3.8, 4) is 0 Å². The van der Waals surface area contributed by atoms with Crippen molar-refractivity contribution in [2.24, 2.45) is 11.8 Å². The predicted octanol–water partition coefficient (Wildman–Crippen LogP) is 5.09. The molecule has 7 heteroatoms. The Balaban J connectivity index is 1.11. The molecule has 5 rings (SSSR count). The molecule has 2 amide bonds. The van der Waals surface area contributed by atoms with Crippen LogP contribution < -0.4 is 10.2 Å². The maximum Gasteiger partial charge on any atom is 0.224 e. The van der Waals surface area contributed by atoms with Gasteiger partial charge >= 0.3 is 0 Å². The van der Waals surface area contributed by atoms with Crippen molar-refractivity contribution in [3.63, 3.8) is 0 Å². The molecule has 0 spiro atoms. The van der Waals surface area contributed by atoms with E-state index in [9.17, 15) is 9.59 Å². The zero-order chi connectivity index (χ0) is 27.4. The van der Waals surface area contributed by atoms with Gasteiger partial charge in [-0.15, -0.1) is 0 Å². The Morgan fingerprint density at radius 1 is 0.923 bits per heavy atom. The van der Waals surface area contributed by atoms with Crippen LogP contribution in [0, 0.1) is 18.8 Å². The fraction of sp³-hybridized carbons (Fsp3) is 0.469. The highest BCUT2D eigenvalue weighted by molar-refractivity contribution is 5.96. The minimum Gasteiger partial charge on any atom is -0.356 e. The Bertz CT molecular complexity index is 1290. The van der Waals surface area contributed by atoms with Crippen molar-refractivity contribution in [2.45, 2.75) is 46.6 Å². The van der Waals surface area contributed by atoms with Crippen LogP contribution in [0.15, 0.2) is 54.6 Å². The molecule has 2 aliphatic rings. The molecule has 3 aromatic rings. The molecule has 39 heavy (non-hydrogen) atoms. The van der Waals surface area contributed by atoms with Crippen molar-refractivity contribution in [2.75, 3.05) is 49.5 Å². The molecule has 0 radical (unpaired) electrons. The number of aryl methyl sites for hydroxylation is 1. The van der Waals surface area contributed by atoms with Gasteiger partial charge in [-0.25, -0.2) is 4.98 Å². The number of nitrogens with zero attached hydrogens (tertiary/aromatic N) is 4. The average molecular weight is 528 g/mol. The van der Waals surface area contributed by atoms with E-state index in [1.165, 1.54) is 12.0 Å². The number of carbonyl (C=O) groups excluding carboxylic acids is 2. The van der Waals surface area contributed by atoms with Gasteiger partial charge in [-0.1, -0.05) is 44.2 Å². The summed E-state index contributed by atoms with van der Waals surface area (Å²) in [5.74, 6) is 2.29. The van der Waals surface area contributed by atoms with Gasteiger partial charge in [0.15, 0.2) is 0 Å². The molecule has 1 N–H and O–H groups in total. The van der Waals surface area contributed by atoms with Crippen LogP contribution in [0.1, 0.15) is 44.2 Å². The first-order valence-electron chi connectivity index (χ1n) is 14.3. The molecule has 0 aliphatic carbocycles. The Morgan fingerprint density at radius 3 is 2.36 bits per heavy atom. The Labute approximate surface area is 232 Å². The number of hydrogen-bond donors (Lipinski definition) is 1. The quantitative estimate of drug-likeness (QED) is 0.464. The number of amides is 2. The second-order valence-electron chi connectivity index (χ2n) is 11.6. The number of piperidine rings is 1. The summed E-state index contributed by atoms with van der Waals surface area (Å²) in [6.07, 6.45) is 1.68. The lowest BCUT2D eigenvalue weighted by Gasteiger charge is -2.36. The van der Waals surface area contributed by atoms with Gasteiger partial charge < -0.3 is 15.1 Å². The van der Waals surface area contributed by atoms with Crippen molar-refractivity contribution in [1.82, 2.24) is 14.8 Å². The van der Waals surface area contributed by atoms with Gasteiger partial charge in [-0.3, -0.25) is 14.5 Å². The van der Waals surface area contributed by atoms with Crippen LogP contribution in [0.2, 0.25) is 0 Å². The van der Waals surface area contributed by atoms with Crippen LogP contribution in [0.3, 0.4) is 0 Å². The molecule has 206 valence electrons. The summed E-state index contributed by atoms with van der Waals surface area (Å²) >= 11 is 0. The molecular formula is C32H41N5O2. The monoisotopic (exact) mass is 527 g/mol. The fourth-order valence-corrected chi connectivity index (χ4v) is 6.07. The lowest BCUT2D eigenvalue weighted by atomic mass is 9.92. The number of nitrogens with one attached hydrogen (secondary N) is 1. The number of fused-ring (bicyclic) bond motifs is 1. The zero-order valence-corrected chi connectivity index (χ0v) is 23.5. The van der Waals surface area contributed by atoms with Crippen molar-refractivity contribution < 1.29 is 9.59 Å². The highest BCUT2D eigenvalue weighted by Gasteiger charge is 2.24. The molecule has 2 aromatic carbocycles. The van der Waals surface area contributed by atoms with E-state index in [4.69, 9.17) is 4.98 Å². The van der Waals surface area contributed by atoms with E-state index in [2.05, 4.69) is 66.2 Å². The molecule has 2 atom stereocenters. The highest BCUT2D eigenvalue weighted by Crippen LogP contribution is 2.29. The summed E-state index contributed by atoms with van der Waals surface area (Å²) in [4.78, 5) is 37.1. The number of pyridine rings is 1. The normalized spacial score (nSPS) is 20.3. The fourth-order valence-electron chi connectivity index (χ4n) is 6.07. The van der Waals surface area contributed by atoms with Gasteiger partial charge in [0.05, 0.1) is 5.52 Å². The highest BCUT2D eigenvalue weighted by atomic mass is 16.2. The smallest absolute Gasteiger partial charge is 0.224 e. The van der Waals surface area contributed by atoms with E-state index in [0.29, 0.717) is 24.9 Å². The minimum atomic E-state index is -0.135. The Kier molecular flexibility index (Phi) is 8.46. The van der Waals surface area contributed by atoms with Gasteiger partial charge in [0, 0.05) is 69.7 Å². The lowest BCUT2D eigenvalue weighted by molar-refractivity contribution is -0.134. The summed E-state index contributed by atoms with van der Waals surface area (Å²) in [6, 6.07) is 18.5. The van der Waals surface area contributed by atoms with Crippen LogP contribution in [0.5, 0.6) is 0 Å². The van der Waals surface area contributed by atoms with Gasteiger partial charge in [0.2, 0.25) is 11.8 Å². The average Bonchev–Trinajstić information content (AvgIpc) is 2.92. The van der Waals surface area contributed by atoms with E-state index in [1.54, 1.807) is 0 Å². The number of piperazine rings is 1. The first-order valence-corrected chi connectivity index (χ1v) is 14.3. The van der Waals surface area contributed by atoms with Gasteiger partial charge in [0.25, 0.3) is 0 Å². The Hall–Kier alpha value is -3.45. The number of hydrogen-bond acceptors (Lipinski definition) is 5. The van der Waals surface area contributed by atoms with E-state index in [0.717, 1.165) is 60.7 Å². The largest absolute Gasteiger partial charge is 0.356 e. The zero-order valence-electron chi connectivity index (χ0n) is 23.5. The molecule has 1 aromatic heterocycles. The molecule has 0 unspecified atom stereocenters. The predicted molar refractivity (Wildman–Crippen MR) is 158 cm³/mol. The summed E-state index contributed by atoms with van der Waals surface area (Å²) < 4.78 is 0. The third kappa shape index (κ3) is 6.95. The lowest BCUT2D eigenvalue weighted by Crippen LogP contribution is -2.48. The van der Waals surface area contributed by atoms with E-state index in [-0.39, 0.29) is 24.7 Å². The molecule has 0 bridgehead atoms. The van der Waals surface area contributed by atoms with Crippen LogP contribution in [0.4, 0.5) is 11.5 Å². The standard InChI is InChI=1S/C32H41N5O2/c1-23-17-24(2)21-37(20-23)30-18-25(3)28-19-27(9-10-29(28)34-30)33-31(38)11-12-32(39)36-15-13-35(14-16-36)22-26-7-5-4-6-8-26/h4-10,18-19,23-24H,11-17,20-22H2,1-3H3,(H,33,38)/t23-,24+. The number of anilines is 2. The molecular weight excluding hydrogens is 486 g/mol. The Morgan fingerprint density at radius 2 is 1.64 bits per heavy atom. The van der Waals surface area contributed by atoms with E-state index < -0.39 is 0 Å². The van der Waals surface area contributed by atoms with Gasteiger partial charge in [-0.05, 0) is 60.6 Å². The molecule has 3 heterocycles. The van der Waals surface area contributed by atoms with Crippen LogP contribution >= 0.6 is 0 Å². The number of carbonyl (C=O) groups is 2. The maximum atomic E-state index is 12.8. The molecule has 0 saturated carbocycles. The summed E-state index contributed by atoms with van der Waals surface area (Å²) in [7, 11) is 0. The first-order chi connectivity index (χ1) is 18.8. The number of rotatable bonds is 7. The third-order valence-electron chi connectivity index (χ3n) is 8.02. The minimum absolute atomic E-state index is 0.0527. The van der Waals surface area contributed by atoms with E-state index in [1.807, 2.05) is 29.2 Å². The first kappa shape index (κ1) is 27.1. The van der Waals surface area contributed by atoms with Crippen molar-refractivity contribution >= 4 is 34.2 Å². The summed E-state index contributed by atoms with van der Waals surface area (Å²) in [5.41, 5.74) is 4.13. The maximum absolute atomic E-state index is 12.8. The molecule has 2 saturated heterocycles. The molecule has 2 aliphatic heterocycles. The second kappa shape index (κ2) is 12.2. The van der Waals surface area contributed by atoms with E-state index >= 15 is 0 Å². The molecule has 2 fully saturated rings. The van der Waals surface area contributed by atoms with Crippen LogP contribution in [-0.2, 0) is 16.1 Å². The summed E-state index contributed by atoms with van der Waals surface area (Å²) in [5, 5.41) is 4.03. The third-order valence-corrected chi connectivity index (χ3v) is 8.02. The second-order valence-corrected chi connectivity index (χ2v) is 11.6. The SMILES string of the molecule is Cc1cc(N2C[C@H](C)C[C@H](C)C2)nc2ccc(NC(=O)CCC(=O)N3CCN(Cc4ccccc4)CC3)cc12. The number of benzene rings is 2. The van der Waals surface area contributed by atoms with Crippen LogP contribution in [0.25, 0.3) is 10.9 Å². The topological polar surface area (TPSA) is 68.8 Å². The number of aromatic nitrogens is 1. The summed E-state index contributed by atoms with van der Waals surface area (Å²) in [6.45, 7) is 12.8. The van der Waals surface area contributed by atoms with Crippen molar-refractivity contribution in [3.05, 3.63) is 65.7 Å². The van der Waals surface area contributed by atoms with Crippen LogP contribution in [-0.4, -0.2) is 65.9 Å². The molecule has 7 nitrogen and oxygen atoms in total.